The number of carbonyl (C=O) groups excluding carboxylic acids is 2. The van der Waals surface area contributed by atoms with Gasteiger partial charge in [0.15, 0.2) is 0 Å². The maximum Gasteiger partial charge on any atom is 0.348 e. The van der Waals surface area contributed by atoms with Crippen LogP contribution in [0.5, 0.6) is 0 Å². The standard InChI is InChI=1S/C26H35NO4/c1-5-30-24(29)20(15-27)22-9-8-21-19-7-6-17-14-18(31-16(2)28)10-12-25(17,3)23(19)11-13-26(21,22)4/h6,18-19,21,23H,5,7-14H2,1-4H3. The summed E-state index contributed by atoms with van der Waals surface area (Å²) in [6, 6.07) is 2.18. The highest BCUT2D eigenvalue weighted by Gasteiger charge is 2.58. The van der Waals surface area contributed by atoms with E-state index in [1.807, 2.05) is 0 Å². The number of fused-ring (bicyclic) bond motifs is 5. The summed E-state index contributed by atoms with van der Waals surface area (Å²) >= 11 is 0. The average Bonchev–Trinajstić information content (AvgIpc) is 3.06. The first-order valence-electron chi connectivity index (χ1n) is 11.9. The van der Waals surface area contributed by atoms with E-state index in [1.54, 1.807) is 6.92 Å². The molecule has 5 nitrogen and oxygen atoms in total. The molecular formula is C26H35NO4. The molecule has 6 unspecified atom stereocenters. The van der Waals surface area contributed by atoms with Crippen molar-refractivity contribution in [2.24, 2.45) is 28.6 Å². The topological polar surface area (TPSA) is 76.4 Å². The van der Waals surface area contributed by atoms with Gasteiger partial charge in [-0.15, -0.1) is 0 Å². The number of esters is 2. The van der Waals surface area contributed by atoms with Gasteiger partial charge < -0.3 is 9.47 Å². The zero-order chi connectivity index (χ0) is 22.4. The zero-order valence-electron chi connectivity index (χ0n) is 19.3. The summed E-state index contributed by atoms with van der Waals surface area (Å²) in [4.78, 5) is 23.9. The molecule has 31 heavy (non-hydrogen) atoms. The summed E-state index contributed by atoms with van der Waals surface area (Å²) in [5, 5.41) is 9.75. The van der Waals surface area contributed by atoms with Crippen LogP contribution in [0, 0.1) is 39.9 Å². The van der Waals surface area contributed by atoms with Crippen molar-refractivity contribution in [2.45, 2.75) is 85.2 Å². The van der Waals surface area contributed by atoms with Crippen LogP contribution in [0.1, 0.15) is 79.1 Å². The average molecular weight is 426 g/mol. The number of ether oxygens (including phenoxy) is 2. The van der Waals surface area contributed by atoms with E-state index in [0.29, 0.717) is 24.4 Å². The zero-order valence-corrected chi connectivity index (χ0v) is 19.3. The molecule has 0 bridgehead atoms. The van der Waals surface area contributed by atoms with Gasteiger partial charge in [0.2, 0.25) is 0 Å². The maximum atomic E-state index is 12.5. The lowest BCUT2D eigenvalue weighted by Crippen LogP contribution is -2.50. The molecule has 4 rings (SSSR count). The highest BCUT2D eigenvalue weighted by atomic mass is 16.5. The fraction of sp³-hybridized carbons (Fsp3) is 0.731. The van der Waals surface area contributed by atoms with Crippen LogP contribution < -0.4 is 0 Å². The Morgan fingerprint density at radius 2 is 1.87 bits per heavy atom. The molecule has 5 heteroatoms. The molecule has 0 aromatic carbocycles. The van der Waals surface area contributed by atoms with Crippen molar-refractivity contribution < 1.29 is 19.1 Å². The first-order valence-corrected chi connectivity index (χ1v) is 11.9. The summed E-state index contributed by atoms with van der Waals surface area (Å²) in [7, 11) is 0. The fourth-order valence-electron chi connectivity index (χ4n) is 7.63. The van der Waals surface area contributed by atoms with Crippen LogP contribution in [0.2, 0.25) is 0 Å². The van der Waals surface area contributed by atoms with Crippen LogP contribution in [0.4, 0.5) is 0 Å². The normalized spacial score (nSPS) is 40.4. The predicted molar refractivity (Wildman–Crippen MR) is 117 cm³/mol. The first kappa shape index (κ1) is 22.1. The predicted octanol–water partition coefficient (Wildman–Crippen LogP) is 5.26. The van der Waals surface area contributed by atoms with Gasteiger partial charge in [0.1, 0.15) is 17.7 Å². The molecule has 0 heterocycles. The maximum absolute atomic E-state index is 12.5. The Morgan fingerprint density at radius 1 is 1.16 bits per heavy atom. The third kappa shape index (κ3) is 3.52. The van der Waals surface area contributed by atoms with E-state index in [0.717, 1.165) is 56.9 Å². The number of nitrogens with zero attached hydrogens (tertiary/aromatic N) is 1. The van der Waals surface area contributed by atoms with Crippen LogP contribution >= 0.6 is 0 Å². The van der Waals surface area contributed by atoms with Crippen LogP contribution in [0.15, 0.2) is 22.8 Å². The fourth-order valence-corrected chi connectivity index (χ4v) is 7.63. The molecule has 0 N–H and O–H groups in total. The molecule has 168 valence electrons. The molecule has 0 aromatic rings. The minimum Gasteiger partial charge on any atom is -0.462 e. The van der Waals surface area contributed by atoms with Gasteiger partial charge in [0.25, 0.3) is 0 Å². The number of nitriles is 1. The number of allylic oxidation sites excluding steroid dienone is 2. The first-order chi connectivity index (χ1) is 14.7. The van der Waals surface area contributed by atoms with E-state index >= 15 is 0 Å². The van der Waals surface area contributed by atoms with Crippen LogP contribution in [0.3, 0.4) is 0 Å². The Morgan fingerprint density at radius 3 is 2.55 bits per heavy atom. The second kappa shape index (κ2) is 8.11. The van der Waals surface area contributed by atoms with Crippen molar-refractivity contribution in [1.29, 1.82) is 5.26 Å². The number of hydrogen-bond donors (Lipinski definition) is 0. The van der Waals surface area contributed by atoms with Crippen molar-refractivity contribution in [2.75, 3.05) is 6.61 Å². The van der Waals surface area contributed by atoms with Crippen molar-refractivity contribution >= 4 is 11.9 Å². The van der Waals surface area contributed by atoms with Crippen LogP contribution in [-0.4, -0.2) is 24.6 Å². The van der Waals surface area contributed by atoms with E-state index in [-0.39, 0.29) is 28.5 Å². The van der Waals surface area contributed by atoms with E-state index in [2.05, 4.69) is 26.0 Å². The minimum absolute atomic E-state index is 0.0195. The molecule has 0 aromatic heterocycles. The Hall–Kier alpha value is -2.09. The number of rotatable bonds is 3. The second-order valence-electron chi connectivity index (χ2n) is 10.4. The van der Waals surface area contributed by atoms with Crippen LogP contribution in [-0.2, 0) is 19.1 Å². The lowest BCUT2D eigenvalue weighted by Gasteiger charge is -2.57. The molecular weight excluding hydrogens is 390 g/mol. The highest BCUT2D eigenvalue weighted by molar-refractivity contribution is 5.94. The van der Waals surface area contributed by atoms with Gasteiger partial charge in [-0.3, -0.25) is 4.79 Å². The summed E-state index contributed by atoms with van der Waals surface area (Å²) in [6.07, 6.45) is 10.4. The van der Waals surface area contributed by atoms with Crippen molar-refractivity contribution in [3.63, 3.8) is 0 Å². The molecule has 0 aliphatic heterocycles. The lowest BCUT2D eigenvalue weighted by atomic mass is 9.47. The van der Waals surface area contributed by atoms with Gasteiger partial charge in [0, 0.05) is 13.3 Å². The monoisotopic (exact) mass is 425 g/mol. The van der Waals surface area contributed by atoms with Gasteiger partial charge in [-0.05, 0) is 86.0 Å². The third-order valence-electron chi connectivity index (χ3n) is 9.07. The molecule has 4 aliphatic carbocycles. The number of carbonyl (C=O) groups is 2. The third-order valence-corrected chi connectivity index (χ3v) is 9.07. The van der Waals surface area contributed by atoms with E-state index in [1.165, 1.54) is 12.5 Å². The van der Waals surface area contributed by atoms with Gasteiger partial charge >= 0.3 is 11.9 Å². The molecule has 0 amide bonds. The van der Waals surface area contributed by atoms with E-state index in [4.69, 9.17) is 9.47 Å². The minimum atomic E-state index is -0.453. The van der Waals surface area contributed by atoms with E-state index in [9.17, 15) is 14.9 Å². The van der Waals surface area contributed by atoms with Gasteiger partial charge in [-0.25, -0.2) is 4.79 Å². The molecule has 4 aliphatic rings. The van der Waals surface area contributed by atoms with E-state index < -0.39 is 5.97 Å². The van der Waals surface area contributed by atoms with Gasteiger partial charge in [-0.1, -0.05) is 25.5 Å². The highest BCUT2D eigenvalue weighted by Crippen LogP contribution is 2.66. The molecule has 0 spiro atoms. The van der Waals surface area contributed by atoms with Crippen LogP contribution in [0.25, 0.3) is 0 Å². The molecule has 3 fully saturated rings. The summed E-state index contributed by atoms with van der Waals surface area (Å²) < 4.78 is 10.7. The molecule has 0 saturated heterocycles. The summed E-state index contributed by atoms with van der Waals surface area (Å²) in [6.45, 7) is 8.28. The van der Waals surface area contributed by atoms with Gasteiger partial charge in [-0.2, -0.15) is 5.26 Å². The lowest BCUT2D eigenvalue weighted by molar-refractivity contribution is -0.148. The second-order valence-corrected chi connectivity index (χ2v) is 10.4. The Kier molecular flexibility index (Phi) is 5.79. The largest absolute Gasteiger partial charge is 0.462 e. The van der Waals surface area contributed by atoms with Gasteiger partial charge in [0.05, 0.1) is 6.61 Å². The number of hydrogen-bond acceptors (Lipinski definition) is 5. The summed E-state index contributed by atoms with van der Waals surface area (Å²) in [5.41, 5.74) is 2.86. The molecule has 3 saturated carbocycles. The smallest absolute Gasteiger partial charge is 0.348 e. The van der Waals surface area contributed by atoms with Crippen molar-refractivity contribution in [1.82, 2.24) is 0 Å². The summed E-state index contributed by atoms with van der Waals surface area (Å²) in [5.74, 6) is 1.07. The Labute approximate surface area is 185 Å². The van der Waals surface area contributed by atoms with Crippen molar-refractivity contribution in [3.8, 4) is 6.07 Å². The molecule has 0 radical (unpaired) electrons. The SMILES string of the molecule is CCOC(=O)C(C#N)=C1CCC2C3CC=C4CC(OC(C)=O)CCC4(C)C3CCC12C. The Balaban J connectivity index is 1.62. The molecule has 6 atom stereocenters. The quantitative estimate of drug-likeness (QED) is 0.267. The van der Waals surface area contributed by atoms with Crippen molar-refractivity contribution in [3.05, 3.63) is 22.8 Å². The Bertz CT molecular complexity index is 880.